The molecule has 21 heavy (non-hydrogen) atoms. The lowest BCUT2D eigenvalue weighted by molar-refractivity contribution is -0.0711. The molecule has 0 unspecified atom stereocenters. The van der Waals surface area contributed by atoms with Gasteiger partial charge in [0.15, 0.2) is 5.82 Å². The number of aryl methyl sites for hydroxylation is 1. The van der Waals surface area contributed by atoms with Gasteiger partial charge in [0, 0.05) is 18.7 Å². The third-order valence-electron chi connectivity index (χ3n) is 3.59. The SMILES string of the molecule is Cc1cccc(-c2nc(CN3C[C@@H](C)O[C@H](C)C3)no2)c1. The molecule has 1 saturated heterocycles. The Morgan fingerprint density at radius 3 is 2.71 bits per heavy atom. The zero-order valence-corrected chi connectivity index (χ0v) is 12.7. The van der Waals surface area contributed by atoms with Crippen LogP contribution in [0, 0.1) is 6.92 Å². The highest BCUT2D eigenvalue weighted by Gasteiger charge is 2.23. The Balaban J connectivity index is 1.70. The third kappa shape index (κ3) is 3.49. The van der Waals surface area contributed by atoms with Crippen LogP contribution < -0.4 is 0 Å². The van der Waals surface area contributed by atoms with E-state index >= 15 is 0 Å². The van der Waals surface area contributed by atoms with E-state index in [4.69, 9.17) is 9.26 Å². The molecule has 5 nitrogen and oxygen atoms in total. The molecule has 0 N–H and O–H groups in total. The molecular formula is C16H21N3O2. The lowest BCUT2D eigenvalue weighted by Gasteiger charge is -2.34. The van der Waals surface area contributed by atoms with Crippen LogP contribution in [-0.4, -0.2) is 40.3 Å². The zero-order chi connectivity index (χ0) is 14.8. The van der Waals surface area contributed by atoms with Crippen LogP contribution in [0.5, 0.6) is 0 Å². The molecule has 1 aliphatic rings. The second-order valence-corrected chi connectivity index (χ2v) is 5.84. The van der Waals surface area contributed by atoms with Crippen LogP contribution in [0.25, 0.3) is 11.5 Å². The van der Waals surface area contributed by atoms with E-state index in [0.717, 1.165) is 24.5 Å². The van der Waals surface area contributed by atoms with Crippen LogP contribution in [0.3, 0.4) is 0 Å². The number of hydrogen-bond donors (Lipinski definition) is 0. The Labute approximate surface area is 124 Å². The van der Waals surface area contributed by atoms with E-state index in [1.165, 1.54) is 5.56 Å². The molecule has 0 bridgehead atoms. The van der Waals surface area contributed by atoms with Crippen molar-refractivity contribution in [2.24, 2.45) is 0 Å². The third-order valence-corrected chi connectivity index (χ3v) is 3.59. The van der Waals surface area contributed by atoms with Crippen molar-refractivity contribution in [3.63, 3.8) is 0 Å². The van der Waals surface area contributed by atoms with E-state index in [1.54, 1.807) is 0 Å². The van der Waals surface area contributed by atoms with Crippen LogP contribution in [0.1, 0.15) is 25.2 Å². The molecule has 2 aromatic rings. The molecule has 5 heteroatoms. The van der Waals surface area contributed by atoms with E-state index in [2.05, 4.69) is 47.9 Å². The summed E-state index contributed by atoms with van der Waals surface area (Å²) < 4.78 is 11.1. The normalized spacial score (nSPS) is 23.4. The van der Waals surface area contributed by atoms with Gasteiger partial charge >= 0.3 is 0 Å². The van der Waals surface area contributed by atoms with Crippen molar-refractivity contribution in [2.75, 3.05) is 13.1 Å². The van der Waals surface area contributed by atoms with Crippen molar-refractivity contribution in [3.05, 3.63) is 35.7 Å². The highest BCUT2D eigenvalue weighted by Crippen LogP contribution is 2.19. The number of ether oxygens (including phenoxy) is 1. The number of benzene rings is 1. The van der Waals surface area contributed by atoms with E-state index in [0.29, 0.717) is 12.4 Å². The van der Waals surface area contributed by atoms with Gasteiger partial charge in [-0.2, -0.15) is 4.98 Å². The molecule has 0 saturated carbocycles. The maximum atomic E-state index is 5.74. The van der Waals surface area contributed by atoms with Crippen LogP contribution in [0.15, 0.2) is 28.8 Å². The molecule has 0 aliphatic carbocycles. The van der Waals surface area contributed by atoms with Gasteiger partial charge < -0.3 is 9.26 Å². The first kappa shape index (κ1) is 14.2. The van der Waals surface area contributed by atoms with Crippen molar-refractivity contribution in [3.8, 4) is 11.5 Å². The van der Waals surface area contributed by atoms with Gasteiger partial charge in [0.2, 0.25) is 0 Å². The summed E-state index contributed by atoms with van der Waals surface area (Å²) in [6, 6.07) is 8.09. The van der Waals surface area contributed by atoms with Crippen LogP contribution in [0.2, 0.25) is 0 Å². The van der Waals surface area contributed by atoms with Gasteiger partial charge in [0.1, 0.15) is 0 Å². The number of nitrogens with zero attached hydrogens (tertiary/aromatic N) is 3. The lowest BCUT2D eigenvalue weighted by atomic mass is 10.1. The number of aromatic nitrogens is 2. The summed E-state index contributed by atoms with van der Waals surface area (Å²) in [6.07, 6.45) is 0.494. The summed E-state index contributed by atoms with van der Waals surface area (Å²) in [5, 5.41) is 4.10. The average molecular weight is 287 g/mol. The highest BCUT2D eigenvalue weighted by molar-refractivity contribution is 5.53. The second-order valence-electron chi connectivity index (χ2n) is 5.84. The Morgan fingerprint density at radius 2 is 2.00 bits per heavy atom. The standard InChI is InChI=1S/C16H21N3O2/c1-11-5-4-6-14(7-11)16-17-15(18-21-16)10-19-8-12(2)20-13(3)9-19/h4-7,12-13H,8-10H2,1-3H3/t12-,13-/m1/s1. The van der Waals surface area contributed by atoms with Gasteiger partial charge in [0.25, 0.3) is 5.89 Å². The van der Waals surface area contributed by atoms with Crippen LogP contribution >= 0.6 is 0 Å². The number of morpholine rings is 1. The monoisotopic (exact) mass is 287 g/mol. The molecule has 0 radical (unpaired) electrons. The first-order valence-corrected chi connectivity index (χ1v) is 7.37. The quantitative estimate of drug-likeness (QED) is 0.868. The fourth-order valence-electron chi connectivity index (χ4n) is 2.83. The Bertz CT molecular complexity index is 601. The van der Waals surface area contributed by atoms with E-state index in [9.17, 15) is 0 Å². The minimum Gasteiger partial charge on any atom is -0.373 e. The fraction of sp³-hybridized carbons (Fsp3) is 0.500. The summed E-state index contributed by atoms with van der Waals surface area (Å²) in [6.45, 7) is 8.75. The second kappa shape index (κ2) is 5.95. The maximum absolute atomic E-state index is 5.74. The van der Waals surface area contributed by atoms with E-state index in [-0.39, 0.29) is 12.2 Å². The molecule has 1 aliphatic heterocycles. The van der Waals surface area contributed by atoms with Gasteiger partial charge in [-0.05, 0) is 32.9 Å². The molecular weight excluding hydrogens is 266 g/mol. The lowest BCUT2D eigenvalue weighted by Crippen LogP contribution is -2.44. The Hall–Kier alpha value is -1.72. The summed E-state index contributed by atoms with van der Waals surface area (Å²) in [7, 11) is 0. The largest absolute Gasteiger partial charge is 0.373 e. The minimum absolute atomic E-state index is 0.247. The van der Waals surface area contributed by atoms with Crippen molar-refractivity contribution in [1.82, 2.24) is 15.0 Å². The molecule has 0 amide bonds. The van der Waals surface area contributed by atoms with Gasteiger partial charge in [-0.25, -0.2) is 0 Å². The molecule has 1 aromatic heterocycles. The predicted molar refractivity (Wildman–Crippen MR) is 79.8 cm³/mol. The zero-order valence-electron chi connectivity index (χ0n) is 12.7. The minimum atomic E-state index is 0.247. The Kier molecular flexibility index (Phi) is 4.03. The molecule has 0 spiro atoms. The Morgan fingerprint density at radius 1 is 1.24 bits per heavy atom. The number of hydrogen-bond acceptors (Lipinski definition) is 5. The van der Waals surface area contributed by atoms with E-state index < -0.39 is 0 Å². The van der Waals surface area contributed by atoms with E-state index in [1.807, 2.05) is 12.1 Å². The molecule has 2 heterocycles. The molecule has 1 fully saturated rings. The van der Waals surface area contributed by atoms with Crippen LogP contribution in [-0.2, 0) is 11.3 Å². The van der Waals surface area contributed by atoms with Gasteiger partial charge in [-0.3, -0.25) is 4.90 Å². The van der Waals surface area contributed by atoms with Crippen LogP contribution in [0.4, 0.5) is 0 Å². The van der Waals surface area contributed by atoms with Crippen molar-refractivity contribution < 1.29 is 9.26 Å². The average Bonchev–Trinajstić information content (AvgIpc) is 2.86. The van der Waals surface area contributed by atoms with Crippen molar-refractivity contribution >= 4 is 0 Å². The van der Waals surface area contributed by atoms with Crippen molar-refractivity contribution in [1.29, 1.82) is 0 Å². The summed E-state index contributed by atoms with van der Waals surface area (Å²) in [5.41, 5.74) is 2.15. The maximum Gasteiger partial charge on any atom is 0.257 e. The molecule has 3 rings (SSSR count). The van der Waals surface area contributed by atoms with Gasteiger partial charge in [-0.1, -0.05) is 22.9 Å². The number of rotatable bonds is 3. The highest BCUT2D eigenvalue weighted by atomic mass is 16.5. The summed E-state index contributed by atoms with van der Waals surface area (Å²) in [5.74, 6) is 1.32. The predicted octanol–water partition coefficient (Wildman–Crippen LogP) is 2.65. The van der Waals surface area contributed by atoms with Crippen molar-refractivity contribution in [2.45, 2.75) is 39.5 Å². The topological polar surface area (TPSA) is 51.4 Å². The fourth-order valence-corrected chi connectivity index (χ4v) is 2.83. The first-order chi connectivity index (χ1) is 10.1. The summed E-state index contributed by atoms with van der Waals surface area (Å²) >= 11 is 0. The summed E-state index contributed by atoms with van der Waals surface area (Å²) in [4.78, 5) is 6.81. The molecule has 112 valence electrons. The first-order valence-electron chi connectivity index (χ1n) is 7.37. The molecule has 2 atom stereocenters. The van der Waals surface area contributed by atoms with Gasteiger partial charge in [0.05, 0.1) is 18.8 Å². The molecule has 1 aromatic carbocycles. The smallest absolute Gasteiger partial charge is 0.257 e. The van der Waals surface area contributed by atoms with Gasteiger partial charge in [-0.15, -0.1) is 0 Å².